The minimum Gasteiger partial charge on any atom is -0.389 e. The Morgan fingerprint density at radius 3 is 2.64 bits per heavy atom. The highest BCUT2D eigenvalue weighted by Gasteiger charge is 2.14. The highest BCUT2D eigenvalue weighted by molar-refractivity contribution is 5.62. The van der Waals surface area contributed by atoms with Gasteiger partial charge in [-0.25, -0.2) is 0 Å². The third-order valence-electron chi connectivity index (χ3n) is 1.97. The summed E-state index contributed by atoms with van der Waals surface area (Å²) in [6.07, 6.45) is -0.695. The van der Waals surface area contributed by atoms with E-state index in [0.29, 0.717) is 11.3 Å². The molecule has 76 valence electrons. The summed E-state index contributed by atoms with van der Waals surface area (Å²) in [5.74, 6) is 0. The molecule has 14 heavy (non-hydrogen) atoms. The van der Waals surface area contributed by atoms with Gasteiger partial charge in [0.25, 0.3) is 5.69 Å². The van der Waals surface area contributed by atoms with E-state index < -0.39 is 11.0 Å². The van der Waals surface area contributed by atoms with E-state index in [1.165, 1.54) is 6.07 Å². The molecule has 0 saturated heterocycles. The average Bonchev–Trinajstić information content (AvgIpc) is 2.16. The van der Waals surface area contributed by atoms with Gasteiger partial charge in [0, 0.05) is 13.1 Å². The molecule has 1 atom stereocenters. The second-order valence-electron chi connectivity index (χ2n) is 2.96. The molecule has 0 fully saturated rings. The van der Waals surface area contributed by atoms with Crippen LogP contribution in [0.3, 0.4) is 0 Å². The van der Waals surface area contributed by atoms with Gasteiger partial charge in [0.2, 0.25) is 0 Å². The molecule has 0 aliphatic carbocycles. The lowest BCUT2D eigenvalue weighted by atomic mass is 10.1. The summed E-state index contributed by atoms with van der Waals surface area (Å²) in [5, 5.41) is 22.6. The first-order valence-corrected chi connectivity index (χ1v) is 4.20. The monoisotopic (exact) mass is 196 g/mol. The SMILES string of the molecule is CNc1ccc([C@H](C)O)cc1[N+](=O)[O-]. The number of hydrogen-bond donors (Lipinski definition) is 2. The van der Waals surface area contributed by atoms with E-state index in [9.17, 15) is 15.2 Å². The quantitative estimate of drug-likeness (QED) is 0.569. The van der Waals surface area contributed by atoms with Crippen LogP contribution in [0.4, 0.5) is 11.4 Å². The first-order valence-electron chi connectivity index (χ1n) is 4.20. The molecule has 1 rings (SSSR count). The van der Waals surface area contributed by atoms with E-state index in [1.807, 2.05) is 0 Å². The number of nitrogens with one attached hydrogen (secondary N) is 1. The number of hydrogen-bond acceptors (Lipinski definition) is 4. The normalized spacial score (nSPS) is 12.2. The molecular formula is C9H12N2O3. The third kappa shape index (κ3) is 2.00. The number of nitrogens with zero attached hydrogens (tertiary/aromatic N) is 1. The van der Waals surface area contributed by atoms with Crippen LogP contribution in [0.1, 0.15) is 18.6 Å². The number of aliphatic hydroxyl groups is 1. The lowest BCUT2D eigenvalue weighted by Crippen LogP contribution is -1.99. The number of rotatable bonds is 3. The molecule has 1 aromatic carbocycles. The molecule has 0 amide bonds. The van der Waals surface area contributed by atoms with E-state index in [4.69, 9.17) is 0 Å². The van der Waals surface area contributed by atoms with Gasteiger partial charge in [-0.15, -0.1) is 0 Å². The van der Waals surface area contributed by atoms with Crippen LogP contribution in [0.15, 0.2) is 18.2 Å². The zero-order valence-corrected chi connectivity index (χ0v) is 8.02. The van der Waals surface area contributed by atoms with Crippen molar-refractivity contribution in [2.75, 3.05) is 12.4 Å². The van der Waals surface area contributed by atoms with Gasteiger partial charge in [-0.05, 0) is 18.6 Å². The van der Waals surface area contributed by atoms with Gasteiger partial charge in [0.05, 0.1) is 11.0 Å². The third-order valence-corrected chi connectivity index (χ3v) is 1.97. The van der Waals surface area contributed by atoms with Gasteiger partial charge in [0.15, 0.2) is 0 Å². The smallest absolute Gasteiger partial charge is 0.292 e. The second-order valence-corrected chi connectivity index (χ2v) is 2.96. The van der Waals surface area contributed by atoms with Crippen molar-refractivity contribution in [1.82, 2.24) is 0 Å². The van der Waals surface area contributed by atoms with Crippen LogP contribution < -0.4 is 5.32 Å². The van der Waals surface area contributed by atoms with Crippen molar-refractivity contribution in [1.29, 1.82) is 0 Å². The topological polar surface area (TPSA) is 75.4 Å². The summed E-state index contributed by atoms with van der Waals surface area (Å²) in [7, 11) is 1.62. The second kappa shape index (κ2) is 4.06. The maximum absolute atomic E-state index is 10.6. The minimum absolute atomic E-state index is 0.0223. The summed E-state index contributed by atoms with van der Waals surface area (Å²) >= 11 is 0. The molecule has 5 nitrogen and oxygen atoms in total. The molecule has 0 heterocycles. The first-order chi connectivity index (χ1) is 6.56. The molecule has 2 N–H and O–H groups in total. The maximum Gasteiger partial charge on any atom is 0.292 e. The molecule has 0 radical (unpaired) electrons. The van der Waals surface area contributed by atoms with Gasteiger partial charge in [0.1, 0.15) is 5.69 Å². The summed E-state index contributed by atoms with van der Waals surface area (Å²) in [4.78, 5) is 10.2. The van der Waals surface area contributed by atoms with Crippen LogP contribution in [-0.4, -0.2) is 17.1 Å². The fourth-order valence-corrected chi connectivity index (χ4v) is 1.17. The number of nitro benzene ring substituents is 1. The van der Waals surface area contributed by atoms with Crippen LogP contribution in [0.5, 0.6) is 0 Å². The minimum atomic E-state index is -0.695. The molecule has 0 unspecified atom stereocenters. The maximum atomic E-state index is 10.6. The van der Waals surface area contributed by atoms with Crippen LogP contribution in [-0.2, 0) is 0 Å². The van der Waals surface area contributed by atoms with Crippen molar-refractivity contribution < 1.29 is 10.0 Å². The Morgan fingerprint density at radius 2 is 2.21 bits per heavy atom. The Labute approximate surface area is 81.5 Å². The summed E-state index contributed by atoms with van der Waals surface area (Å²) < 4.78 is 0. The summed E-state index contributed by atoms with van der Waals surface area (Å²) in [6, 6.07) is 4.61. The predicted molar refractivity (Wildman–Crippen MR) is 53.3 cm³/mol. The van der Waals surface area contributed by atoms with Crippen LogP contribution in [0, 0.1) is 10.1 Å². The highest BCUT2D eigenvalue weighted by Crippen LogP contribution is 2.27. The van der Waals surface area contributed by atoms with E-state index in [2.05, 4.69) is 5.32 Å². The lowest BCUT2D eigenvalue weighted by molar-refractivity contribution is -0.384. The molecule has 0 aliphatic rings. The van der Waals surface area contributed by atoms with Crippen molar-refractivity contribution in [2.45, 2.75) is 13.0 Å². The van der Waals surface area contributed by atoms with E-state index in [0.717, 1.165) is 0 Å². The van der Waals surface area contributed by atoms with Crippen molar-refractivity contribution in [3.8, 4) is 0 Å². The van der Waals surface area contributed by atoms with E-state index >= 15 is 0 Å². The summed E-state index contributed by atoms with van der Waals surface area (Å²) in [5.41, 5.74) is 0.959. The molecular weight excluding hydrogens is 184 g/mol. The number of anilines is 1. The first kappa shape index (κ1) is 10.5. The molecule has 0 spiro atoms. The van der Waals surface area contributed by atoms with Gasteiger partial charge < -0.3 is 10.4 Å². The van der Waals surface area contributed by atoms with Crippen LogP contribution >= 0.6 is 0 Å². The summed E-state index contributed by atoms with van der Waals surface area (Å²) in [6.45, 7) is 1.57. The van der Waals surface area contributed by atoms with Crippen molar-refractivity contribution >= 4 is 11.4 Å². The number of nitro groups is 1. The molecule has 0 saturated carbocycles. The molecule has 1 aromatic rings. The molecule has 0 bridgehead atoms. The number of aliphatic hydroxyl groups excluding tert-OH is 1. The fourth-order valence-electron chi connectivity index (χ4n) is 1.17. The van der Waals surface area contributed by atoms with Crippen molar-refractivity contribution in [3.05, 3.63) is 33.9 Å². The standard InChI is InChI=1S/C9H12N2O3/c1-6(12)7-3-4-8(10-2)9(5-7)11(13)14/h3-6,10,12H,1-2H3/t6-/m0/s1. The zero-order chi connectivity index (χ0) is 10.7. The van der Waals surface area contributed by atoms with Crippen LogP contribution in [0.2, 0.25) is 0 Å². The largest absolute Gasteiger partial charge is 0.389 e. The zero-order valence-electron chi connectivity index (χ0n) is 8.02. The van der Waals surface area contributed by atoms with Crippen molar-refractivity contribution in [3.63, 3.8) is 0 Å². The highest BCUT2D eigenvalue weighted by atomic mass is 16.6. The van der Waals surface area contributed by atoms with Gasteiger partial charge in [-0.2, -0.15) is 0 Å². The van der Waals surface area contributed by atoms with Gasteiger partial charge in [-0.1, -0.05) is 6.07 Å². The van der Waals surface area contributed by atoms with Crippen LogP contribution in [0.25, 0.3) is 0 Å². The molecule has 0 aliphatic heterocycles. The Balaban J connectivity index is 3.21. The Kier molecular flexibility index (Phi) is 3.03. The molecule has 0 aromatic heterocycles. The Hall–Kier alpha value is -1.62. The average molecular weight is 196 g/mol. The molecule has 5 heteroatoms. The Bertz CT molecular complexity index is 350. The lowest BCUT2D eigenvalue weighted by Gasteiger charge is -2.06. The van der Waals surface area contributed by atoms with Gasteiger partial charge >= 0.3 is 0 Å². The van der Waals surface area contributed by atoms with E-state index in [1.54, 1.807) is 26.1 Å². The van der Waals surface area contributed by atoms with Gasteiger partial charge in [-0.3, -0.25) is 10.1 Å². The predicted octanol–water partition coefficient (Wildman–Crippen LogP) is 1.69. The van der Waals surface area contributed by atoms with Crippen molar-refractivity contribution in [2.24, 2.45) is 0 Å². The fraction of sp³-hybridized carbons (Fsp3) is 0.333. The number of benzene rings is 1. The van der Waals surface area contributed by atoms with E-state index in [-0.39, 0.29) is 5.69 Å². The Morgan fingerprint density at radius 1 is 1.57 bits per heavy atom.